The molecule has 1 aliphatic heterocycles. The summed E-state index contributed by atoms with van der Waals surface area (Å²) in [5.74, 6) is -0.198. The van der Waals surface area contributed by atoms with E-state index in [1.165, 1.54) is 18.6 Å². The summed E-state index contributed by atoms with van der Waals surface area (Å²) >= 11 is 0. The highest BCUT2D eigenvalue weighted by Crippen LogP contribution is 2.47. The van der Waals surface area contributed by atoms with Crippen LogP contribution in [0, 0.1) is 6.08 Å². The third-order valence-corrected chi connectivity index (χ3v) is 24.2. The minimum atomic E-state index is -2.43. The second kappa shape index (κ2) is 13.1. The molecule has 3 aromatic rings. The average Bonchev–Trinajstić information content (AvgIpc) is 3.47. The Balaban J connectivity index is 1.87. The third-order valence-electron chi connectivity index (χ3n) is 10.8. The molecule has 4 rings (SSSR count). The van der Waals surface area contributed by atoms with Gasteiger partial charge in [0.05, 0.1) is 12.9 Å². The SMILES string of the molecule is CC(C)(C)[Si](C)(C)OC[C@H]1O[C@@H](n2cnc3c(On4ccccc4=O)nc(F)nc32)[C@H](O[Si](C)(C)C(C)(C)C)[C@@H]1O[Si](C)(C)C(C)(C)C. The van der Waals surface area contributed by atoms with Crippen LogP contribution < -0.4 is 10.4 Å². The molecule has 15 heteroatoms. The first-order valence-electron chi connectivity index (χ1n) is 16.7. The van der Waals surface area contributed by atoms with Gasteiger partial charge in [0.25, 0.3) is 11.4 Å². The van der Waals surface area contributed by atoms with Crippen molar-refractivity contribution in [1.82, 2.24) is 24.2 Å². The van der Waals surface area contributed by atoms with E-state index in [9.17, 15) is 4.79 Å². The molecular weight excluding hydrogens is 666 g/mol. The Hall–Kier alpha value is -2.28. The van der Waals surface area contributed by atoms with E-state index in [4.69, 9.17) is 22.9 Å². The van der Waals surface area contributed by atoms with Gasteiger partial charge in [0, 0.05) is 12.3 Å². The largest absolute Gasteiger partial charge is 0.414 e. The van der Waals surface area contributed by atoms with Crippen LogP contribution in [0.3, 0.4) is 0 Å². The molecule has 1 saturated heterocycles. The molecule has 0 aromatic carbocycles. The van der Waals surface area contributed by atoms with Crippen molar-refractivity contribution in [2.75, 3.05) is 6.61 Å². The number of ether oxygens (including phenoxy) is 1. The van der Waals surface area contributed by atoms with Gasteiger partial charge in [-0.15, -0.1) is 4.73 Å². The average molecular weight is 722 g/mol. The van der Waals surface area contributed by atoms with Crippen molar-refractivity contribution in [2.24, 2.45) is 0 Å². The number of aromatic nitrogens is 5. The molecule has 11 nitrogen and oxygen atoms in total. The summed E-state index contributed by atoms with van der Waals surface area (Å²) in [6, 6.07) is 4.54. The standard InChI is InChI=1S/C33H56FN5O6Si3/c1-31(2,3)46(10,11)41-20-22-25(44-47(12,13)32(4,5)6)26(45-48(14,15)33(7,8)9)29(42-22)38-21-35-24-27(38)36-30(34)37-28(24)43-39-19-17-16-18-23(39)40/h16-19,21-22,25-26,29H,20H2,1-15H3/t22-,25-,26-,29-/m1/s1. The zero-order chi connectivity index (χ0) is 36.3. The highest BCUT2D eigenvalue weighted by Gasteiger charge is 2.55. The number of halogens is 1. The molecule has 4 heterocycles. The predicted molar refractivity (Wildman–Crippen MR) is 193 cm³/mol. The Kier molecular flexibility index (Phi) is 10.5. The fourth-order valence-corrected chi connectivity index (χ4v) is 8.19. The van der Waals surface area contributed by atoms with E-state index >= 15 is 4.39 Å². The van der Waals surface area contributed by atoms with Gasteiger partial charge in [-0.25, -0.2) is 4.98 Å². The zero-order valence-corrected chi connectivity index (χ0v) is 34.5. The lowest BCUT2D eigenvalue weighted by Gasteiger charge is -2.44. The van der Waals surface area contributed by atoms with Gasteiger partial charge in [0.2, 0.25) is 0 Å². The number of hydrogen-bond donors (Lipinski definition) is 0. The summed E-state index contributed by atoms with van der Waals surface area (Å²) in [5, 5.41) is -0.217. The lowest BCUT2D eigenvalue weighted by atomic mass is 10.1. The molecule has 0 saturated carbocycles. The molecule has 268 valence electrons. The van der Waals surface area contributed by atoms with Crippen molar-refractivity contribution in [2.45, 2.75) is 141 Å². The molecule has 0 bridgehead atoms. The number of nitrogens with zero attached hydrogens (tertiary/aromatic N) is 5. The van der Waals surface area contributed by atoms with E-state index in [1.807, 2.05) is 0 Å². The van der Waals surface area contributed by atoms with Gasteiger partial charge in [-0.05, 0) is 60.5 Å². The summed E-state index contributed by atoms with van der Waals surface area (Å²) in [4.78, 5) is 30.6. The summed E-state index contributed by atoms with van der Waals surface area (Å²) < 4.78 is 45.9. The summed E-state index contributed by atoms with van der Waals surface area (Å²) in [7, 11) is -6.98. The van der Waals surface area contributed by atoms with Gasteiger partial charge >= 0.3 is 6.08 Å². The molecule has 4 atom stereocenters. The smallest absolute Gasteiger partial charge is 0.314 e. The molecule has 48 heavy (non-hydrogen) atoms. The van der Waals surface area contributed by atoms with Crippen molar-refractivity contribution in [3.05, 3.63) is 47.2 Å². The lowest BCUT2D eigenvalue weighted by molar-refractivity contribution is -0.0471. The molecule has 0 spiro atoms. The first-order chi connectivity index (χ1) is 21.8. The fourth-order valence-electron chi connectivity index (χ4n) is 4.57. The van der Waals surface area contributed by atoms with Gasteiger partial charge in [0.1, 0.15) is 18.3 Å². The molecule has 0 radical (unpaired) electrons. The van der Waals surface area contributed by atoms with Crippen molar-refractivity contribution in [1.29, 1.82) is 0 Å². The van der Waals surface area contributed by atoms with Crippen molar-refractivity contribution >= 4 is 36.1 Å². The highest BCUT2D eigenvalue weighted by molar-refractivity contribution is 6.75. The quantitative estimate of drug-likeness (QED) is 0.154. The summed E-state index contributed by atoms with van der Waals surface area (Å²) in [5.41, 5.74) is -0.127. The van der Waals surface area contributed by atoms with Crippen LogP contribution in [0.2, 0.25) is 54.4 Å². The maximum absolute atomic E-state index is 15.1. The van der Waals surface area contributed by atoms with Gasteiger partial charge in [-0.3, -0.25) is 9.36 Å². The third kappa shape index (κ3) is 7.87. The van der Waals surface area contributed by atoms with Crippen LogP contribution in [0.4, 0.5) is 4.39 Å². The zero-order valence-electron chi connectivity index (χ0n) is 31.5. The van der Waals surface area contributed by atoms with Crippen LogP contribution in [0.1, 0.15) is 68.5 Å². The maximum Gasteiger partial charge on any atom is 0.314 e. The maximum atomic E-state index is 15.1. The van der Waals surface area contributed by atoms with Crippen molar-refractivity contribution in [3.63, 3.8) is 0 Å². The van der Waals surface area contributed by atoms with Gasteiger partial charge in [-0.2, -0.15) is 14.4 Å². The lowest BCUT2D eigenvalue weighted by Crippen LogP contribution is -2.54. The van der Waals surface area contributed by atoms with E-state index in [0.717, 1.165) is 4.73 Å². The van der Waals surface area contributed by atoms with Gasteiger partial charge < -0.3 is 22.9 Å². The van der Waals surface area contributed by atoms with E-state index in [0.29, 0.717) is 6.61 Å². The Morgan fingerprint density at radius 2 is 1.40 bits per heavy atom. The molecular formula is C33H56FN5O6Si3. The first kappa shape index (κ1) is 38.5. The van der Waals surface area contributed by atoms with E-state index in [-0.39, 0.29) is 32.2 Å². The minimum absolute atomic E-state index is 0.00997. The van der Waals surface area contributed by atoms with Crippen LogP contribution in [-0.4, -0.2) is 74.1 Å². The number of imidazole rings is 1. The second-order valence-electron chi connectivity index (χ2n) is 17.4. The molecule has 0 aliphatic carbocycles. The van der Waals surface area contributed by atoms with E-state index < -0.39 is 61.1 Å². The Morgan fingerprint density at radius 3 is 1.94 bits per heavy atom. The molecule has 0 amide bonds. The van der Waals surface area contributed by atoms with E-state index in [1.54, 1.807) is 16.7 Å². The topological polar surface area (TPSA) is 112 Å². The van der Waals surface area contributed by atoms with Crippen LogP contribution in [-0.2, 0) is 18.0 Å². The minimum Gasteiger partial charge on any atom is -0.414 e. The fraction of sp³-hybridized carbons (Fsp3) is 0.697. The molecule has 1 aliphatic rings. The first-order valence-corrected chi connectivity index (χ1v) is 25.4. The van der Waals surface area contributed by atoms with Crippen molar-refractivity contribution < 1.29 is 27.2 Å². The molecule has 0 unspecified atom stereocenters. The Bertz CT molecular complexity index is 1660. The Morgan fingerprint density at radius 1 is 0.833 bits per heavy atom. The number of hydrogen-bond acceptors (Lipinski definition) is 9. The van der Waals surface area contributed by atoms with Crippen LogP contribution in [0.15, 0.2) is 35.5 Å². The van der Waals surface area contributed by atoms with Gasteiger partial charge in [0.15, 0.2) is 42.3 Å². The monoisotopic (exact) mass is 721 g/mol. The number of fused-ring (bicyclic) bond motifs is 1. The van der Waals surface area contributed by atoms with Crippen LogP contribution in [0.25, 0.3) is 11.2 Å². The predicted octanol–water partition coefficient (Wildman–Crippen LogP) is 7.67. The molecule has 1 fully saturated rings. The number of pyridine rings is 1. The summed E-state index contributed by atoms with van der Waals surface area (Å²) in [6.45, 7) is 33.4. The van der Waals surface area contributed by atoms with Crippen LogP contribution in [0.5, 0.6) is 5.88 Å². The van der Waals surface area contributed by atoms with E-state index in [2.05, 4.69) is 117 Å². The Labute approximate surface area is 287 Å². The summed E-state index contributed by atoms with van der Waals surface area (Å²) in [6.07, 6.45) is -0.433. The van der Waals surface area contributed by atoms with Gasteiger partial charge in [-0.1, -0.05) is 68.4 Å². The normalized spacial score (nSPS) is 21.7. The highest BCUT2D eigenvalue weighted by atomic mass is 28.4. The second-order valence-corrected chi connectivity index (χ2v) is 31.7. The molecule has 0 N–H and O–H groups in total. The number of rotatable bonds is 10. The molecule has 3 aromatic heterocycles. The van der Waals surface area contributed by atoms with Crippen molar-refractivity contribution in [3.8, 4) is 5.88 Å². The van der Waals surface area contributed by atoms with Crippen LogP contribution >= 0.6 is 0 Å².